The summed E-state index contributed by atoms with van der Waals surface area (Å²) >= 11 is 8.20. The van der Waals surface area contributed by atoms with Gasteiger partial charge in [-0.25, -0.2) is 9.78 Å². The molecule has 1 aromatic rings. The second-order valence-electron chi connectivity index (χ2n) is 5.68. The van der Waals surface area contributed by atoms with Crippen molar-refractivity contribution in [3.05, 3.63) is 21.8 Å². The maximum Gasteiger partial charge on any atom is 0.333 e. The molecule has 11 nitrogen and oxygen atoms in total. The molecule has 156 valence electrons. The lowest BCUT2D eigenvalue weighted by atomic mass is 10.1. The second-order valence-corrected chi connectivity index (χ2v) is 8.38. The van der Waals surface area contributed by atoms with E-state index in [-0.39, 0.29) is 38.8 Å². The summed E-state index contributed by atoms with van der Waals surface area (Å²) in [6.45, 7) is -0.227. The van der Waals surface area contributed by atoms with Gasteiger partial charge in [0.2, 0.25) is 6.41 Å². The Hall–Kier alpha value is -3.08. The van der Waals surface area contributed by atoms with Crippen LogP contribution in [0.2, 0.25) is 4.34 Å². The first-order valence-corrected chi connectivity index (χ1v) is 10.3. The Balaban J connectivity index is 1.79. The van der Waals surface area contributed by atoms with Crippen molar-refractivity contribution < 1.29 is 29.1 Å². The maximum atomic E-state index is 12.8. The van der Waals surface area contributed by atoms with Gasteiger partial charge in [0.25, 0.3) is 11.8 Å². The summed E-state index contributed by atoms with van der Waals surface area (Å²) in [6, 6.07) is -0.906. The number of halogens is 1. The van der Waals surface area contributed by atoms with Gasteiger partial charge in [-0.05, 0) is 0 Å². The highest BCUT2D eigenvalue weighted by Gasteiger charge is 2.50. The molecule has 2 aliphatic heterocycles. The molecule has 0 saturated carbocycles. The van der Waals surface area contributed by atoms with Crippen molar-refractivity contribution in [1.29, 1.82) is 0 Å². The molecule has 3 heterocycles. The molecule has 0 radical (unpaired) electrons. The molecule has 2 atom stereocenters. The van der Waals surface area contributed by atoms with Gasteiger partial charge in [0.15, 0.2) is 17.5 Å². The minimum atomic E-state index is -1.11. The number of carbonyl (C=O) groups excluding carboxylic acids is 3. The molecule has 0 aliphatic carbocycles. The predicted octanol–water partition coefficient (Wildman–Crippen LogP) is 0.0871. The molecule has 3 rings (SSSR count). The van der Waals surface area contributed by atoms with Crippen LogP contribution in [0.3, 0.4) is 0 Å². The Labute approximate surface area is 182 Å². The lowest BCUT2D eigenvalue weighted by molar-refractivity contribution is -0.144. The smallest absolute Gasteiger partial charge is 0.333 e. The number of carboxylic acids is 1. The molecule has 0 spiro atoms. The van der Waals surface area contributed by atoms with Gasteiger partial charge in [-0.3, -0.25) is 14.4 Å². The fourth-order valence-electron chi connectivity index (χ4n) is 2.53. The summed E-state index contributed by atoms with van der Waals surface area (Å²) in [7, 11) is 0. The van der Waals surface area contributed by atoms with Gasteiger partial charge in [-0.15, -0.1) is 18.2 Å². The van der Waals surface area contributed by atoms with E-state index in [9.17, 15) is 19.2 Å². The number of nitrogens with zero attached hydrogens (tertiary/aromatic N) is 3. The van der Waals surface area contributed by atoms with E-state index >= 15 is 0 Å². The van der Waals surface area contributed by atoms with Crippen LogP contribution >= 0.6 is 34.7 Å². The number of thioether (sulfide) groups is 1. The molecule has 14 heteroatoms. The number of rotatable bonds is 8. The van der Waals surface area contributed by atoms with Crippen LogP contribution in [0.4, 0.5) is 5.13 Å². The van der Waals surface area contributed by atoms with E-state index in [1.165, 1.54) is 22.9 Å². The number of fused-ring (bicyclic) bond motifs is 1. The molecule has 30 heavy (non-hydrogen) atoms. The van der Waals surface area contributed by atoms with Crippen LogP contribution in [0.25, 0.3) is 0 Å². The van der Waals surface area contributed by atoms with Crippen LogP contribution in [0.5, 0.6) is 0 Å². The van der Waals surface area contributed by atoms with E-state index in [0.717, 1.165) is 11.3 Å². The molecular formula is C16H12ClN5O6S2. The number of amides is 3. The third kappa shape index (κ3) is 4.25. The van der Waals surface area contributed by atoms with Crippen LogP contribution < -0.4 is 10.6 Å². The Kier molecular flexibility index (Phi) is 6.60. The molecular weight excluding hydrogens is 458 g/mol. The highest BCUT2D eigenvalue weighted by Crippen LogP contribution is 2.36. The average molecular weight is 470 g/mol. The molecule has 1 saturated heterocycles. The van der Waals surface area contributed by atoms with Crippen LogP contribution in [-0.2, 0) is 24.0 Å². The topological polar surface area (TPSA) is 150 Å². The largest absolute Gasteiger partial charge is 0.478 e. The fourth-order valence-corrected chi connectivity index (χ4v) is 4.78. The predicted molar refractivity (Wildman–Crippen MR) is 109 cm³/mol. The zero-order valence-electron chi connectivity index (χ0n) is 14.8. The lowest BCUT2D eigenvalue weighted by Gasteiger charge is -2.46. The number of carbonyl (C=O) groups is 4. The van der Waals surface area contributed by atoms with Crippen molar-refractivity contribution in [2.75, 3.05) is 17.7 Å². The molecule has 2 aliphatic rings. The van der Waals surface area contributed by atoms with Gasteiger partial charge in [-0.1, -0.05) is 34.0 Å². The molecule has 1 aromatic heterocycles. The van der Waals surface area contributed by atoms with Crippen molar-refractivity contribution in [3.8, 4) is 12.3 Å². The molecule has 1 fully saturated rings. The number of nitrogens with one attached hydrogen (secondary N) is 2. The van der Waals surface area contributed by atoms with Crippen molar-refractivity contribution >= 4 is 69.7 Å². The quantitative estimate of drug-likeness (QED) is 0.121. The van der Waals surface area contributed by atoms with E-state index in [1.807, 2.05) is 0 Å². The van der Waals surface area contributed by atoms with Crippen LogP contribution in [-0.4, -0.2) is 68.7 Å². The summed E-state index contributed by atoms with van der Waals surface area (Å²) in [6.07, 6.45) is 6.76. The van der Waals surface area contributed by atoms with Gasteiger partial charge in [0, 0.05) is 12.0 Å². The number of aliphatic carboxylic acids is 1. The molecule has 0 aromatic carbocycles. The summed E-state index contributed by atoms with van der Waals surface area (Å²) in [5.41, 5.74) is -0.309. The summed E-state index contributed by atoms with van der Waals surface area (Å²) in [5, 5.41) is 17.2. The normalized spacial score (nSPS) is 20.3. The number of anilines is 1. The molecule has 3 N–H and O–H groups in total. The second kappa shape index (κ2) is 9.16. The van der Waals surface area contributed by atoms with Gasteiger partial charge < -0.3 is 25.5 Å². The first-order valence-electron chi connectivity index (χ1n) is 8.06. The zero-order chi connectivity index (χ0) is 21.8. The van der Waals surface area contributed by atoms with Gasteiger partial charge in [0.05, 0.1) is 5.57 Å². The Bertz CT molecular complexity index is 1020. The monoisotopic (exact) mass is 469 g/mol. The van der Waals surface area contributed by atoms with E-state index in [1.54, 1.807) is 0 Å². The zero-order valence-corrected chi connectivity index (χ0v) is 17.2. The van der Waals surface area contributed by atoms with Gasteiger partial charge in [-0.2, -0.15) is 0 Å². The number of hydrogen-bond acceptors (Lipinski definition) is 9. The Morgan fingerprint density at radius 3 is 3.00 bits per heavy atom. The maximum absolute atomic E-state index is 12.8. The fraction of sp³-hybridized carbons (Fsp3) is 0.250. The molecule has 0 bridgehead atoms. The highest BCUT2D eigenvalue weighted by atomic mass is 35.5. The van der Waals surface area contributed by atoms with E-state index in [4.69, 9.17) is 28.0 Å². The van der Waals surface area contributed by atoms with Crippen LogP contribution in [0.15, 0.2) is 16.9 Å². The SMILES string of the molecule is C#CCON=C(C(=O)NC1C(=O)N2C=C(C(=O)O)CS[C@H]12)c1nc(NC=O)sc1Cl. The number of carboxylic acid groups (broad SMARTS) is 1. The van der Waals surface area contributed by atoms with E-state index < -0.39 is 29.2 Å². The van der Waals surface area contributed by atoms with Crippen molar-refractivity contribution in [2.24, 2.45) is 5.16 Å². The number of oxime groups is 1. The molecule has 1 unspecified atom stereocenters. The van der Waals surface area contributed by atoms with Crippen molar-refractivity contribution in [1.82, 2.24) is 15.2 Å². The Morgan fingerprint density at radius 2 is 2.33 bits per heavy atom. The van der Waals surface area contributed by atoms with Crippen LogP contribution in [0, 0.1) is 12.3 Å². The third-order valence-corrected chi connectivity index (χ3v) is 6.36. The Morgan fingerprint density at radius 1 is 1.57 bits per heavy atom. The summed E-state index contributed by atoms with van der Waals surface area (Å²) < 4.78 is 0.0557. The third-order valence-electron chi connectivity index (χ3n) is 3.86. The lowest BCUT2D eigenvalue weighted by Crippen LogP contribution is -2.69. The van der Waals surface area contributed by atoms with Crippen molar-refractivity contribution in [2.45, 2.75) is 11.4 Å². The average Bonchev–Trinajstić information content (AvgIpc) is 3.08. The summed E-state index contributed by atoms with van der Waals surface area (Å²) in [5.74, 6) is -0.0234. The highest BCUT2D eigenvalue weighted by molar-refractivity contribution is 8.00. The standard InChI is InChI=1S/C16H12ClN5O6S2/c1-2-3-28-21-9(8-11(17)30-16(20-8)18-6-23)12(24)19-10-13(25)22-4-7(15(26)27)5-29-14(10)22/h1,4,6,10,14H,3,5H2,(H,19,24)(H,26,27)(H,18,20,23)/t10?,14-/m1/s1. The summed E-state index contributed by atoms with van der Waals surface area (Å²) in [4.78, 5) is 57.0. The number of β-lactam (4-membered cyclic amide) rings is 1. The number of terminal acetylenes is 1. The minimum Gasteiger partial charge on any atom is -0.478 e. The number of hydrogen-bond donors (Lipinski definition) is 3. The van der Waals surface area contributed by atoms with E-state index in [2.05, 4.69) is 26.7 Å². The first kappa shape index (κ1) is 21.6. The van der Waals surface area contributed by atoms with Crippen molar-refractivity contribution in [3.63, 3.8) is 0 Å². The van der Waals surface area contributed by atoms with Gasteiger partial charge >= 0.3 is 5.97 Å². The number of thiazole rings is 1. The van der Waals surface area contributed by atoms with E-state index in [0.29, 0.717) is 6.41 Å². The minimum absolute atomic E-state index is 0.0557. The first-order chi connectivity index (χ1) is 14.4. The van der Waals surface area contributed by atoms with Crippen LogP contribution in [0.1, 0.15) is 5.69 Å². The number of aromatic nitrogens is 1. The molecule has 3 amide bonds. The van der Waals surface area contributed by atoms with Gasteiger partial charge in [0.1, 0.15) is 21.4 Å².